The number of pyridine rings is 2. The summed E-state index contributed by atoms with van der Waals surface area (Å²) in [7, 11) is -0.164. The average molecular weight is 1780 g/mol. The van der Waals surface area contributed by atoms with Gasteiger partial charge in [-0.3, -0.25) is 19.6 Å². The van der Waals surface area contributed by atoms with Crippen LogP contribution < -0.4 is 22.1 Å². The molecule has 0 saturated heterocycles. The molecule has 636 valence electrons. The molecule has 6 aromatic rings. The topological polar surface area (TPSA) is 218 Å². The van der Waals surface area contributed by atoms with Crippen LogP contribution in [0, 0.1) is 3.57 Å². The Hall–Kier alpha value is -5.59. The van der Waals surface area contributed by atoms with Gasteiger partial charge in [-0.15, -0.1) is 12.4 Å². The van der Waals surface area contributed by atoms with Crippen LogP contribution in [0.1, 0.15) is 228 Å². The number of nitrogens with one attached hydrogen (secondary N) is 2. The number of alkyl halides is 12. The van der Waals surface area contributed by atoms with E-state index in [2.05, 4.69) is 88.3 Å². The Labute approximate surface area is 686 Å². The fourth-order valence-electron chi connectivity index (χ4n) is 13.9. The third-order valence-electron chi connectivity index (χ3n) is 22.7. The van der Waals surface area contributed by atoms with E-state index in [0.717, 1.165) is 80.8 Å². The van der Waals surface area contributed by atoms with Crippen molar-refractivity contribution in [1.82, 2.24) is 25.5 Å². The first-order valence-electron chi connectivity index (χ1n) is 38.8. The molecule has 114 heavy (non-hydrogen) atoms. The maximum Gasteiger partial charge on any atom is 0.416 e. The van der Waals surface area contributed by atoms with E-state index in [1.807, 2.05) is 53.7 Å². The Balaban J connectivity index is 0.000000256. The van der Waals surface area contributed by atoms with Gasteiger partial charge >= 0.3 is 24.7 Å². The van der Waals surface area contributed by atoms with Crippen molar-refractivity contribution >= 4 is 63.4 Å². The van der Waals surface area contributed by atoms with Crippen LogP contribution in [0.15, 0.2) is 146 Å². The highest BCUT2D eigenvalue weighted by Gasteiger charge is 2.45. The monoisotopic (exact) mass is 1780 g/mol. The molecule has 0 bridgehead atoms. The number of likely N-dealkylation sites (N-methyl/N-ethyl adjacent to an activating group) is 1. The summed E-state index contributed by atoms with van der Waals surface area (Å²) in [6, 6.07) is 31.7. The van der Waals surface area contributed by atoms with E-state index < -0.39 is 75.8 Å². The fourth-order valence-corrected chi connectivity index (χ4v) is 17.3. The van der Waals surface area contributed by atoms with Crippen LogP contribution in [0.3, 0.4) is 0 Å². The van der Waals surface area contributed by atoms with E-state index >= 15 is 0 Å². The van der Waals surface area contributed by atoms with Crippen molar-refractivity contribution in [2.24, 2.45) is 11.5 Å². The number of carbonyl (C=O) groups is 2. The van der Waals surface area contributed by atoms with Gasteiger partial charge in [0.1, 0.15) is 11.4 Å². The van der Waals surface area contributed by atoms with Crippen molar-refractivity contribution in [1.29, 1.82) is 0 Å². The molecule has 5 fully saturated rings. The van der Waals surface area contributed by atoms with Gasteiger partial charge in [0.15, 0.2) is 16.6 Å². The molecule has 14 nitrogen and oxygen atoms in total. The smallest absolute Gasteiger partial charge is 0.412 e. The zero-order valence-corrected chi connectivity index (χ0v) is 72.1. The Morgan fingerprint density at radius 1 is 0.447 bits per heavy atom. The van der Waals surface area contributed by atoms with Gasteiger partial charge in [0, 0.05) is 34.1 Å². The van der Waals surface area contributed by atoms with Gasteiger partial charge in [0.2, 0.25) is 0 Å². The molecule has 30 heteroatoms. The van der Waals surface area contributed by atoms with E-state index in [1.165, 1.54) is 55.3 Å². The van der Waals surface area contributed by atoms with E-state index in [1.54, 1.807) is 60.9 Å². The zero-order valence-electron chi connectivity index (χ0n) is 67.2. The largest absolute Gasteiger partial charge is 0.416 e. The lowest BCUT2D eigenvalue weighted by Crippen LogP contribution is -2.53. The highest BCUT2D eigenvalue weighted by molar-refractivity contribution is 14.1. The van der Waals surface area contributed by atoms with Gasteiger partial charge in [0.25, 0.3) is 11.8 Å². The van der Waals surface area contributed by atoms with Crippen LogP contribution in [0.5, 0.6) is 0 Å². The predicted octanol–water partition coefficient (Wildman–Crippen LogP) is 20.6. The highest BCUT2D eigenvalue weighted by Crippen LogP contribution is 2.45. The van der Waals surface area contributed by atoms with E-state index in [4.69, 9.17) is 25.4 Å². The van der Waals surface area contributed by atoms with E-state index in [-0.39, 0.29) is 101 Å². The van der Waals surface area contributed by atoms with Gasteiger partial charge in [0.05, 0.1) is 64.9 Å². The molecule has 13 atom stereocenters. The van der Waals surface area contributed by atoms with Crippen molar-refractivity contribution in [3.8, 4) is 0 Å². The number of benzene rings is 4. The van der Waals surface area contributed by atoms with Crippen molar-refractivity contribution < 1.29 is 86.4 Å². The molecule has 4 aromatic carbocycles. The van der Waals surface area contributed by atoms with Crippen LogP contribution in [-0.4, -0.2) is 133 Å². The summed E-state index contributed by atoms with van der Waals surface area (Å²) in [6.07, 6.45) is -0.968. The molecule has 0 spiro atoms. The first-order valence-corrected chi connectivity index (χ1v) is 45.7. The second-order valence-corrected chi connectivity index (χ2v) is 44.2. The van der Waals surface area contributed by atoms with Crippen molar-refractivity contribution in [2.45, 2.75) is 290 Å². The molecule has 2 heterocycles. The Morgan fingerprint density at radius 3 is 1.19 bits per heavy atom. The Kier molecular flexibility index (Phi) is 37.7. The van der Waals surface area contributed by atoms with Crippen molar-refractivity contribution in [3.63, 3.8) is 0 Å². The third-order valence-corrected chi connectivity index (χ3v) is 32.4. The normalized spacial score (nSPS) is 24.4. The number of aliphatic hydroxyl groups excluding tert-OH is 3. The summed E-state index contributed by atoms with van der Waals surface area (Å²) in [5.41, 5.74) is 11.6. The first kappa shape index (κ1) is 99.0. The summed E-state index contributed by atoms with van der Waals surface area (Å²) >= 11 is 1.85. The van der Waals surface area contributed by atoms with Crippen LogP contribution >= 0.6 is 35.0 Å². The SMILES string of the molecule is CC(C)(C)[Si](C)(C)O[C@H]1CCCC[C@@H]1NC(=O)c1ccccn1.CC(C)(C)[Si](C)(C)O[C@H]1CC[C@H](c2cccc(C(F)(F)F)c2)C[C@@H]1NC(=O)c1ccccn1.CN(C)[C@H]1C[C@@H](c2cccc(C(F)(F)F)c2)CC[C@@H]1O.Cl.FC(F)(F)c1cccc(I)c1.N[C@H]1CCCC[C@@H]1O.N[C@H]1C[C@@H](c2cccc(C(F)(F)F)c2)CC[C@@H]1O. The standard InChI is InChI=1S/C25H33F3N2O2Si.C18H30N2O2Si.C15H20F3NO.C13H16F3NO.C7H4F3I.C6H13NO.ClH/c1-24(2,3)33(4,5)32-22-13-12-18(17-9-8-10-19(15-17)25(26,27)28)16-21(22)30-23(31)20-11-6-7-14-29-20;1-18(2,3)23(4,5)22-16-12-7-6-10-14(16)20-17(21)15-11-8-9-13-19-15;1-19(2)13-9-11(6-7-14(13)20)10-4-3-5-12(8-10)15(16,17)18;14-13(15,16)10-3-1-2-8(6-10)9-4-5-12(18)11(17)7-9;8-7(9,10)5-2-1-3-6(11)4-5;7-5-3-1-2-4-6(5)8;/h6-11,14-15,18,21-22H,12-13,16H2,1-5H3,(H,30,31);8-9,11,13-14,16H,6-7,10,12H2,1-5H3,(H,20,21);3-5,8,11,13-14,20H,6-7,9H2,1-2H3;1-3,6,9,11-12,18H,4-5,7,17H2;1-4H;5-6,8H,1-4,7H2;1H/t18-,21-,22-;14-,16-;11-,13-,14-;9-,11-,12-;;5-,6-;/m0000.0./s1. The van der Waals surface area contributed by atoms with Gasteiger partial charge < -0.3 is 51.2 Å². The number of hydrogen-bond acceptors (Lipinski definition) is 12. The number of amides is 2. The molecule has 0 unspecified atom stereocenters. The number of nitrogens with two attached hydrogens (primary N) is 2. The Morgan fingerprint density at radius 2 is 0.816 bits per heavy atom. The summed E-state index contributed by atoms with van der Waals surface area (Å²) < 4.78 is 166. The molecular formula is C84H117ClF12IN7O7Si2. The molecule has 5 aliphatic carbocycles. The van der Waals surface area contributed by atoms with E-state index in [0.29, 0.717) is 77.5 Å². The van der Waals surface area contributed by atoms with Gasteiger partial charge in [-0.25, -0.2) is 0 Å². The lowest BCUT2D eigenvalue weighted by Gasteiger charge is -2.44. The maximum atomic E-state index is 13.3. The summed E-state index contributed by atoms with van der Waals surface area (Å²) in [6.45, 7) is 22.1. The lowest BCUT2D eigenvalue weighted by atomic mass is 9.79. The van der Waals surface area contributed by atoms with Gasteiger partial charge in [-0.05, 0) is 252 Å². The van der Waals surface area contributed by atoms with Gasteiger partial charge in [-0.2, -0.15) is 52.7 Å². The van der Waals surface area contributed by atoms with Crippen LogP contribution in [0.4, 0.5) is 52.7 Å². The predicted molar refractivity (Wildman–Crippen MR) is 439 cm³/mol. The third kappa shape index (κ3) is 31.0. The Bertz CT molecular complexity index is 3890. The molecular weight excluding hydrogens is 1670 g/mol. The second-order valence-electron chi connectivity index (χ2n) is 33.5. The minimum absolute atomic E-state index is 0. The number of carbonyl (C=O) groups excluding carboxylic acids is 2. The second kappa shape index (κ2) is 43.4. The average Bonchev–Trinajstić information content (AvgIpc) is 0.783. The van der Waals surface area contributed by atoms with Crippen LogP contribution in [0.2, 0.25) is 36.3 Å². The number of aromatic nitrogens is 2. The summed E-state index contributed by atoms with van der Waals surface area (Å²) in [4.78, 5) is 35.5. The quantitative estimate of drug-likeness (QED) is 0.0346. The number of rotatable bonds is 12. The summed E-state index contributed by atoms with van der Waals surface area (Å²) in [5.74, 6) is -0.408. The van der Waals surface area contributed by atoms with Crippen molar-refractivity contribution in [3.05, 3.63) is 200 Å². The van der Waals surface area contributed by atoms with Crippen LogP contribution in [-0.2, 0) is 33.6 Å². The molecule has 0 radical (unpaired) electrons. The number of nitrogens with zero attached hydrogens (tertiary/aromatic N) is 3. The number of aliphatic hydroxyl groups is 3. The molecule has 0 aliphatic heterocycles. The lowest BCUT2D eigenvalue weighted by molar-refractivity contribution is -0.138. The first-order chi connectivity index (χ1) is 52.4. The fraction of sp³-hybridized carbons (Fsp3) is 0.571. The van der Waals surface area contributed by atoms with Crippen LogP contribution in [0.25, 0.3) is 0 Å². The summed E-state index contributed by atoms with van der Waals surface area (Å²) in [5, 5.41) is 35.0. The molecule has 5 aliphatic rings. The number of hydrogen-bond donors (Lipinski definition) is 7. The van der Waals surface area contributed by atoms with E-state index in [9.17, 15) is 72.5 Å². The molecule has 2 aromatic heterocycles. The minimum atomic E-state index is -4.38. The highest BCUT2D eigenvalue weighted by atomic mass is 127. The molecule has 9 N–H and O–H groups in total. The molecule has 2 amide bonds. The maximum absolute atomic E-state index is 13.3. The molecule has 5 saturated carbocycles. The van der Waals surface area contributed by atoms with Gasteiger partial charge in [-0.1, -0.05) is 140 Å². The zero-order chi connectivity index (χ0) is 84.2. The van der Waals surface area contributed by atoms with Crippen molar-refractivity contribution in [2.75, 3.05) is 14.1 Å². The number of halogens is 14. The molecule has 11 rings (SSSR count). The minimum Gasteiger partial charge on any atom is -0.412 e.